The van der Waals surface area contributed by atoms with Crippen molar-refractivity contribution in [1.82, 2.24) is 10.6 Å². The molecule has 0 bridgehead atoms. The standard InChI is InChI=1S/C22H31N3O5/c1-6-29-20(27)17(24-19(26)13-23-21(28)30-22(2,3)4)12-15-11-16-9-7-8-10-18(16)25(5)14-15/h7-10,14,17H,6,11-13H2,1-5H3,(H,23,28)(H,24,26)/t17-/m0/s1. The molecule has 1 aliphatic rings. The Kier molecular flexibility index (Phi) is 7.86. The van der Waals surface area contributed by atoms with E-state index in [1.807, 2.05) is 42.4 Å². The van der Waals surface area contributed by atoms with Gasteiger partial charge in [0.2, 0.25) is 5.91 Å². The minimum Gasteiger partial charge on any atom is -0.464 e. The number of benzene rings is 1. The van der Waals surface area contributed by atoms with Crippen molar-refractivity contribution in [3.05, 3.63) is 41.6 Å². The fourth-order valence-electron chi connectivity index (χ4n) is 3.17. The van der Waals surface area contributed by atoms with Gasteiger partial charge in [0.1, 0.15) is 18.2 Å². The molecule has 1 aliphatic heterocycles. The lowest BCUT2D eigenvalue weighted by Crippen LogP contribution is -2.47. The fourth-order valence-corrected chi connectivity index (χ4v) is 3.17. The smallest absolute Gasteiger partial charge is 0.408 e. The van der Waals surface area contributed by atoms with Gasteiger partial charge in [-0.2, -0.15) is 0 Å². The number of esters is 1. The normalized spacial score (nSPS) is 14.2. The molecule has 0 aromatic heterocycles. The van der Waals surface area contributed by atoms with Crippen LogP contribution in [0.15, 0.2) is 36.0 Å². The Morgan fingerprint density at radius 3 is 2.57 bits per heavy atom. The van der Waals surface area contributed by atoms with Gasteiger partial charge in [0.15, 0.2) is 0 Å². The van der Waals surface area contributed by atoms with E-state index in [1.54, 1.807) is 27.7 Å². The summed E-state index contributed by atoms with van der Waals surface area (Å²) in [4.78, 5) is 38.5. The van der Waals surface area contributed by atoms with Crippen LogP contribution in [-0.2, 0) is 25.5 Å². The second kappa shape index (κ2) is 10.1. The van der Waals surface area contributed by atoms with Crippen LogP contribution in [0, 0.1) is 0 Å². The maximum absolute atomic E-state index is 12.4. The zero-order valence-corrected chi connectivity index (χ0v) is 18.3. The molecule has 0 saturated heterocycles. The summed E-state index contributed by atoms with van der Waals surface area (Å²) in [5.74, 6) is -1.00. The highest BCUT2D eigenvalue weighted by molar-refractivity contribution is 5.87. The molecular formula is C22H31N3O5. The first kappa shape index (κ1) is 23.3. The van der Waals surface area contributed by atoms with Gasteiger partial charge in [-0.15, -0.1) is 0 Å². The Labute approximate surface area is 177 Å². The molecule has 1 heterocycles. The van der Waals surface area contributed by atoms with E-state index >= 15 is 0 Å². The minimum absolute atomic E-state index is 0.211. The van der Waals surface area contributed by atoms with Crippen LogP contribution >= 0.6 is 0 Å². The van der Waals surface area contributed by atoms with Crippen LogP contribution in [0.5, 0.6) is 0 Å². The molecule has 2 rings (SSSR count). The first-order chi connectivity index (χ1) is 14.1. The lowest BCUT2D eigenvalue weighted by Gasteiger charge is -2.27. The monoisotopic (exact) mass is 417 g/mol. The molecule has 0 radical (unpaired) electrons. The van der Waals surface area contributed by atoms with Crippen LogP contribution < -0.4 is 15.5 Å². The Balaban J connectivity index is 2.00. The summed E-state index contributed by atoms with van der Waals surface area (Å²) in [6.45, 7) is 6.82. The lowest BCUT2D eigenvalue weighted by molar-refractivity contribution is -0.147. The van der Waals surface area contributed by atoms with E-state index in [0.717, 1.165) is 16.8 Å². The number of nitrogens with one attached hydrogen (secondary N) is 2. The summed E-state index contributed by atoms with van der Waals surface area (Å²) < 4.78 is 10.2. The van der Waals surface area contributed by atoms with Crippen LogP contribution in [0.2, 0.25) is 0 Å². The van der Waals surface area contributed by atoms with Crippen LogP contribution in [0.1, 0.15) is 39.7 Å². The molecule has 0 fully saturated rings. The summed E-state index contributed by atoms with van der Waals surface area (Å²) >= 11 is 0. The maximum atomic E-state index is 12.4. The number of amides is 2. The summed E-state index contributed by atoms with van der Waals surface area (Å²) in [7, 11) is 1.95. The van der Waals surface area contributed by atoms with Crippen molar-refractivity contribution in [3.63, 3.8) is 0 Å². The van der Waals surface area contributed by atoms with E-state index in [0.29, 0.717) is 12.8 Å². The van der Waals surface area contributed by atoms with Gasteiger partial charge >= 0.3 is 12.1 Å². The third-order valence-corrected chi connectivity index (χ3v) is 4.33. The van der Waals surface area contributed by atoms with Gasteiger partial charge in [-0.3, -0.25) is 4.79 Å². The lowest BCUT2D eigenvalue weighted by atomic mass is 9.95. The largest absolute Gasteiger partial charge is 0.464 e. The summed E-state index contributed by atoms with van der Waals surface area (Å²) in [5.41, 5.74) is 2.59. The van der Waals surface area contributed by atoms with Gasteiger partial charge in [-0.25, -0.2) is 9.59 Å². The van der Waals surface area contributed by atoms with Crippen molar-refractivity contribution < 1.29 is 23.9 Å². The van der Waals surface area contributed by atoms with Crippen LogP contribution in [0.25, 0.3) is 0 Å². The molecule has 2 amide bonds. The van der Waals surface area contributed by atoms with Gasteiger partial charge in [0, 0.05) is 25.4 Å². The van der Waals surface area contributed by atoms with Gasteiger partial charge in [-0.05, 0) is 51.3 Å². The van der Waals surface area contributed by atoms with E-state index in [2.05, 4.69) is 10.6 Å². The Morgan fingerprint density at radius 1 is 1.20 bits per heavy atom. The number of alkyl carbamates (subject to hydrolysis) is 1. The van der Waals surface area contributed by atoms with Gasteiger partial charge < -0.3 is 25.0 Å². The number of para-hydroxylation sites is 1. The Morgan fingerprint density at radius 2 is 1.90 bits per heavy atom. The highest BCUT2D eigenvalue weighted by atomic mass is 16.6. The first-order valence-electron chi connectivity index (χ1n) is 10.0. The average molecular weight is 418 g/mol. The summed E-state index contributed by atoms with van der Waals surface area (Å²) in [6.07, 6.45) is 2.27. The van der Waals surface area contributed by atoms with Crippen molar-refractivity contribution >= 4 is 23.7 Å². The van der Waals surface area contributed by atoms with E-state index in [4.69, 9.17) is 9.47 Å². The maximum Gasteiger partial charge on any atom is 0.408 e. The van der Waals surface area contributed by atoms with E-state index in [9.17, 15) is 14.4 Å². The second-order valence-electron chi connectivity index (χ2n) is 8.14. The number of anilines is 1. The number of fused-ring (bicyclic) bond motifs is 1. The molecule has 2 N–H and O–H groups in total. The number of carbonyl (C=O) groups excluding carboxylic acids is 3. The highest BCUT2D eigenvalue weighted by Gasteiger charge is 2.26. The van der Waals surface area contributed by atoms with Gasteiger partial charge in [0.25, 0.3) is 0 Å². The molecule has 1 aromatic carbocycles. The second-order valence-corrected chi connectivity index (χ2v) is 8.14. The van der Waals surface area contributed by atoms with E-state index in [1.165, 1.54) is 0 Å². The molecule has 30 heavy (non-hydrogen) atoms. The minimum atomic E-state index is -0.845. The molecule has 0 aliphatic carbocycles. The van der Waals surface area contributed by atoms with E-state index < -0.39 is 29.6 Å². The van der Waals surface area contributed by atoms with E-state index in [-0.39, 0.29) is 13.2 Å². The zero-order valence-electron chi connectivity index (χ0n) is 18.3. The average Bonchev–Trinajstić information content (AvgIpc) is 2.65. The molecular weight excluding hydrogens is 386 g/mol. The molecule has 0 spiro atoms. The number of rotatable bonds is 7. The van der Waals surface area contributed by atoms with Crippen molar-refractivity contribution in [2.75, 3.05) is 25.1 Å². The molecule has 8 nitrogen and oxygen atoms in total. The number of ether oxygens (including phenoxy) is 2. The van der Waals surface area contributed by atoms with Crippen molar-refractivity contribution in [2.45, 2.75) is 52.2 Å². The highest BCUT2D eigenvalue weighted by Crippen LogP contribution is 2.29. The zero-order chi connectivity index (χ0) is 22.3. The molecule has 0 saturated carbocycles. The SMILES string of the molecule is CCOC(=O)[C@H](CC1=CN(C)c2ccccc2C1)NC(=O)CNC(=O)OC(C)(C)C. The summed E-state index contributed by atoms with van der Waals surface area (Å²) in [6, 6.07) is 7.19. The molecule has 8 heteroatoms. The van der Waals surface area contributed by atoms with Crippen molar-refractivity contribution in [3.8, 4) is 0 Å². The Hall–Kier alpha value is -3.03. The molecule has 1 atom stereocenters. The van der Waals surface area contributed by atoms with Crippen LogP contribution in [0.4, 0.5) is 10.5 Å². The Bertz CT molecular complexity index is 813. The topological polar surface area (TPSA) is 97.0 Å². The van der Waals surface area contributed by atoms with Crippen molar-refractivity contribution in [2.24, 2.45) is 0 Å². The molecule has 164 valence electrons. The third-order valence-electron chi connectivity index (χ3n) is 4.33. The number of hydrogen-bond acceptors (Lipinski definition) is 6. The quantitative estimate of drug-likeness (QED) is 0.662. The fraction of sp³-hybridized carbons (Fsp3) is 0.500. The number of hydrogen-bond donors (Lipinski definition) is 2. The molecule has 0 unspecified atom stereocenters. The third kappa shape index (κ3) is 7.09. The number of nitrogens with zero attached hydrogens (tertiary/aromatic N) is 1. The van der Waals surface area contributed by atoms with Crippen LogP contribution in [0.3, 0.4) is 0 Å². The first-order valence-corrected chi connectivity index (χ1v) is 10.0. The van der Waals surface area contributed by atoms with Crippen LogP contribution in [-0.4, -0.2) is 49.8 Å². The van der Waals surface area contributed by atoms with Crippen molar-refractivity contribution in [1.29, 1.82) is 0 Å². The number of carbonyl (C=O) groups is 3. The van der Waals surface area contributed by atoms with Gasteiger partial charge in [-0.1, -0.05) is 18.2 Å². The predicted octanol–water partition coefficient (Wildman–Crippen LogP) is 2.53. The predicted molar refractivity (Wildman–Crippen MR) is 114 cm³/mol. The van der Waals surface area contributed by atoms with Gasteiger partial charge in [0.05, 0.1) is 6.61 Å². The molecule has 1 aromatic rings. The summed E-state index contributed by atoms with van der Waals surface area (Å²) in [5, 5.41) is 5.05.